The van der Waals surface area contributed by atoms with Crippen LogP contribution in [-0.2, 0) is 0 Å². The quantitative estimate of drug-likeness (QED) is 0.920. The Labute approximate surface area is 124 Å². The average molecular weight is 291 g/mol. The van der Waals surface area contributed by atoms with Crippen molar-refractivity contribution < 1.29 is 4.74 Å². The molecule has 0 bridgehead atoms. The van der Waals surface area contributed by atoms with Crippen molar-refractivity contribution in [2.45, 2.75) is 13.0 Å². The monoisotopic (exact) mass is 290 g/mol. The van der Waals surface area contributed by atoms with Gasteiger partial charge < -0.3 is 15.4 Å². The molecule has 0 spiro atoms. The first-order chi connectivity index (χ1) is 9.52. The molecule has 0 saturated carbocycles. The SMILES string of the molecule is COc1ccc(N(C)c2ccc([C@@H](C)N)cc2Cl)cc1. The summed E-state index contributed by atoms with van der Waals surface area (Å²) in [4.78, 5) is 2.03. The van der Waals surface area contributed by atoms with E-state index >= 15 is 0 Å². The maximum Gasteiger partial charge on any atom is 0.119 e. The van der Waals surface area contributed by atoms with Crippen molar-refractivity contribution in [2.24, 2.45) is 5.73 Å². The number of nitrogens with zero attached hydrogens (tertiary/aromatic N) is 1. The van der Waals surface area contributed by atoms with Gasteiger partial charge >= 0.3 is 0 Å². The summed E-state index contributed by atoms with van der Waals surface area (Å²) >= 11 is 6.35. The summed E-state index contributed by atoms with van der Waals surface area (Å²) in [6, 6.07) is 13.7. The first-order valence-corrected chi connectivity index (χ1v) is 6.83. The van der Waals surface area contributed by atoms with Gasteiger partial charge in [0.25, 0.3) is 0 Å². The Morgan fingerprint density at radius 2 is 1.80 bits per heavy atom. The van der Waals surface area contributed by atoms with E-state index in [0.29, 0.717) is 5.02 Å². The summed E-state index contributed by atoms with van der Waals surface area (Å²) in [7, 11) is 3.64. The third-order valence-electron chi connectivity index (χ3n) is 3.32. The van der Waals surface area contributed by atoms with E-state index < -0.39 is 0 Å². The van der Waals surface area contributed by atoms with Gasteiger partial charge in [-0.15, -0.1) is 0 Å². The minimum atomic E-state index is -0.0205. The zero-order chi connectivity index (χ0) is 14.7. The summed E-state index contributed by atoms with van der Waals surface area (Å²) < 4.78 is 5.16. The fourth-order valence-electron chi connectivity index (χ4n) is 2.02. The number of benzene rings is 2. The molecule has 0 aliphatic rings. The van der Waals surface area contributed by atoms with Crippen molar-refractivity contribution in [3.05, 3.63) is 53.1 Å². The number of nitrogens with two attached hydrogens (primary N) is 1. The Hall–Kier alpha value is -1.71. The number of hydrogen-bond donors (Lipinski definition) is 1. The van der Waals surface area contributed by atoms with Gasteiger partial charge in [0, 0.05) is 18.8 Å². The first kappa shape index (κ1) is 14.7. The number of methoxy groups -OCH3 is 1. The second-order valence-electron chi connectivity index (χ2n) is 4.76. The van der Waals surface area contributed by atoms with Crippen LogP contribution in [-0.4, -0.2) is 14.2 Å². The van der Waals surface area contributed by atoms with Crippen molar-refractivity contribution in [3.8, 4) is 5.75 Å². The highest BCUT2D eigenvalue weighted by atomic mass is 35.5. The Kier molecular flexibility index (Phi) is 4.53. The standard InChI is InChI=1S/C16H19ClN2O/c1-11(18)12-4-9-16(15(17)10-12)19(2)13-5-7-14(20-3)8-6-13/h4-11H,18H2,1-3H3/t11-/m1/s1. The van der Waals surface area contributed by atoms with E-state index in [1.54, 1.807) is 7.11 Å². The first-order valence-electron chi connectivity index (χ1n) is 6.45. The molecule has 0 saturated heterocycles. The van der Waals surface area contributed by atoms with Crippen molar-refractivity contribution in [3.63, 3.8) is 0 Å². The molecule has 2 N–H and O–H groups in total. The molecular formula is C16H19ClN2O. The summed E-state index contributed by atoms with van der Waals surface area (Å²) in [6.07, 6.45) is 0. The van der Waals surface area contributed by atoms with Crippen molar-refractivity contribution in [1.82, 2.24) is 0 Å². The third-order valence-corrected chi connectivity index (χ3v) is 3.62. The van der Waals surface area contributed by atoms with Crippen LogP contribution in [0.3, 0.4) is 0 Å². The van der Waals surface area contributed by atoms with Crippen LogP contribution in [0.2, 0.25) is 5.02 Å². The average Bonchev–Trinajstić information content (AvgIpc) is 2.46. The van der Waals surface area contributed by atoms with Crippen LogP contribution >= 0.6 is 11.6 Å². The van der Waals surface area contributed by atoms with Gasteiger partial charge in [-0.1, -0.05) is 17.7 Å². The lowest BCUT2D eigenvalue weighted by Gasteiger charge is -2.22. The lowest BCUT2D eigenvalue weighted by atomic mass is 10.1. The Morgan fingerprint density at radius 1 is 1.15 bits per heavy atom. The molecule has 106 valence electrons. The fourth-order valence-corrected chi connectivity index (χ4v) is 2.34. The second-order valence-corrected chi connectivity index (χ2v) is 5.16. The fraction of sp³-hybridized carbons (Fsp3) is 0.250. The molecule has 20 heavy (non-hydrogen) atoms. The molecule has 2 rings (SSSR count). The number of halogens is 1. The van der Waals surface area contributed by atoms with Crippen LogP contribution in [0.5, 0.6) is 5.75 Å². The van der Waals surface area contributed by atoms with Gasteiger partial charge in [-0.25, -0.2) is 0 Å². The van der Waals surface area contributed by atoms with Gasteiger partial charge in [-0.2, -0.15) is 0 Å². The van der Waals surface area contributed by atoms with E-state index in [1.807, 2.05) is 61.3 Å². The Bertz CT molecular complexity index is 582. The molecule has 0 amide bonds. The van der Waals surface area contributed by atoms with Gasteiger partial charge in [-0.3, -0.25) is 0 Å². The van der Waals surface area contributed by atoms with Crippen LogP contribution in [0.25, 0.3) is 0 Å². The molecule has 0 radical (unpaired) electrons. The number of hydrogen-bond acceptors (Lipinski definition) is 3. The van der Waals surface area contributed by atoms with Crippen LogP contribution in [0.15, 0.2) is 42.5 Å². The smallest absolute Gasteiger partial charge is 0.119 e. The molecule has 0 aliphatic carbocycles. The van der Waals surface area contributed by atoms with Crippen LogP contribution in [0.4, 0.5) is 11.4 Å². The van der Waals surface area contributed by atoms with E-state index in [1.165, 1.54) is 0 Å². The number of rotatable bonds is 4. The van der Waals surface area contributed by atoms with Gasteiger partial charge in [0.15, 0.2) is 0 Å². The molecule has 0 aromatic heterocycles. The van der Waals surface area contributed by atoms with Gasteiger partial charge in [-0.05, 0) is 48.9 Å². The molecule has 2 aromatic carbocycles. The number of anilines is 2. The lowest BCUT2D eigenvalue weighted by Crippen LogP contribution is -2.11. The highest BCUT2D eigenvalue weighted by Gasteiger charge is 2.10. The van der Waals surface area contributed by atoms with Crippen LogP contribution in [0.1, 0.15) is 18.5 Å². The zero-order valence-corrected chi connectivity index (χ0v) is 12.7. The maximum atomic E-state index is 6.35. The van der Waals surface area contributed by atoms with Crippen molar-refractivity contribution >= 4 is 23.0 Å². The molecule has 2 aromatic rings. The minimum Gasteiger partial charge on any atom is -0.497 e. The normalized spacial score (nSPS) is 12.1. The van der Waals surface area contributed by atoms with Gasteiger partial charge in [0.2, 0.25) is 0 Å². The predicted molar refractivity (Wildman–Crippen MR) is 85.1 cm³/mol. The van der Waals surface area contributed by atoms with Crippen molar-refractivity contribution in [1.29, 1.82) is 0 Å². The van der Waals surface area contributed by atoms with Gasteiger partial charge in [0.05, 0.1) is 17.8 Å². The van der Waals surface area contributed by atoms with E-state index in [9.17, 15) is 0 Å². The van der Waals surface area contributed by atoms with E-state index in [4.69, 9.17) is 22.1 Å². The molecule has 4 heteroatoms. The number of ether oxygens (including phenoxy) is 1. The van der Waals surface area contributed by atoms with E-state index in [0.717, 1.165) is 22.7 Å². The largest absolute Gasteiger partial charge is 0.497 e. The third kappa shape index (κ3) is 3.06. The maximum absolute atomic E-state index is 6.35. The molecule has 1 atom stereocenters. The molecule has 0 fully saturated rings. The van der Waals surface area contributed by atoms with Crippen molar-refractivity contribution in [2.75, 3.05) is 19.1 Å². The minimum absolute atomic E-state index is 0.0205. The topological polar surface area (TPSA) is 38.5 Å². The lowest BCUT2D eigenvalue weighted by molar-refractivity contribution is 0.415. The van der Waals surface area contributed by atoms with Crippen LogP contribution < -0.4 is 15.4 Å². The highest BCUT2D eigenvalue weighted by Crippen LogP contribution is 2.32. The Balaban J connectivity index is 2.30. The summed E-state index contributed by atoms with van der Waals surface area (Å²) in [5.74, 6) is 0.834. The second kappa shape index (κ2) is 6.16. The predicted octanol–water partition coefficient (Wildman–Crippen LogP) is 4.14. The van der Waals surface area contributed by atoms with Crippen LogP contribution in [0, 0.1) is 0 Å². The highest BCUT2D eigenvalue weighted by molar-refractivity contribution is 6.33. The van der Waals surface area contributed by atoms with Gasteiger partial charge in [0.1, 0.15) is 5.75 Å². The zero-order valence-electron chi connectivity index (χ0n) is 11.9. The molecule has 0 heterocycles. The summed E-state index contributed by atoms with van der Waals surface area (Å²) in [5, 5.41) is 0.693. The van der Waals surface area contributed by atoms with E-state index in [2.05, 4.69) is 0 Å². The molecule has 0 aliphatic heterocycles. The Morgan fingerprint density at radius 3 is 2.30 bits per heavy atom. The molecular weight excluding hydrogens is 272 g/mol. The molecule has 3 nitrogen and oxygen atoms in total. The summed E-state index contributed by atoms with van der Waals surface area (Å²) in [6.45, 7) is 1.94. The summed E-state index contributed by atoms with van der Waals surface area (Å²) in [5.41, 5.74) is 8.88. The molecule has 0 unspecified atom stereocenters. The van der Waals surface area contributed by atoms with E-state index in [-0.39, 0.29) is 6.04 Å².